The van der Waals surface area contributed by atoms with Crippen LogP contribution in [-0.4, -0.2) is 103 Å². The number of aromatic nitrogens is 2. The first-order chi connectivity index (χ1) is 27.9. The zero-order chi connectivity index (χ0) is 40.8. The van der Waals surface area contributed by atoms with Crippen LogP contribution in [-0.2, 0) is 15.8 Å². The molecule has 4 N–H and O–H groups in total. The molecule has 306 valence electrons. The summed E-state index contributed by atoms with van der Waals surface area (Å²) in [7, 11) is 1.53. The third kappa shape index (κ3) is 9.85. The van der Waals surface area contributed by atoms with Gasteiger partial charge in [0.05, 0.1) is 18.5 Å². The first kappa shape index (κ1) is 40.5. The molecular formula is C42H48F3N9O4. The minimum Gasteiger partial charge on any atom is -0.494 e. The number of benzene rings is 3. The summed E-state index contributed by atoms with van der Waals surface area (Å²) in [6.07, 6.45) is -0.979. The molecule has 0 spiro atoms. The quantitative estimate of drug-likeness (QED) is 0.0877. The topological polar surface area (TPSA) is 144 Å². The summed E-state index contributed by atoms with van der Waals surface area (Å²) in [5.41, 5.74) is 3.04. The summed E-state index contributed by atoms with van der Waals surface area (Å²) in [5.74, 6) is -0.353. The van der Waals surface area contributed by atoms with Crippen LogP contribution in [0.1, 0.15) is 60.0 Å². The Bertz CT molecular complexity index is 2100. The number of nitrogens with one attached hydrogen (secondary N) is 4. The smallest absolute Gasteiger partial charge is 0.421 e. The Morgan fingerprint density at radius 1 is 0.879 bits per heavy atom. The Balaban J connectivity index is 0.884. The molecule has 4 heterocycles. The summed E-state index contributed by atoms with van der Waals surface area (Å²) in [5, 5.41) is 11.3. The molecule has 3 aliphatic rings. The van der Waals surface area contributed by atoms with Crippen molar-refractivity contribution in [2.75, 3.05) is 80.3 Å². The highest BCUT2D eigenvalue weighted by molar-refractivity contribution is 6.01. The number of likely N-dealkylation sites (tertiary alicyclic amines) is 1. The minimum atomic E-state index is -4.73. The molecule has 3 aliphatic heterocycles. The Morgan fingerprint density at radius 3 is 2.26 bits per heavy atom. The van der Waals surface area contributed by atoms with Crippen molar-refractivity contribution < 1.29 is 32.3 Å². The van der Waals surface area contributed by atoms with Crippen LogP contribution in [0.3, 0.4) is 0 Å². The number of anilines is 6. The zero-order valence-electron chi connectivity index (χ0n) is 32.6. The summed E-state index contributed by atoms with van der Waals surface area (Å²) in [6, 6.07) is 19.9. The molecule has 0 radical (unpaired) electrons. The lowest BCUT2D eigenvalue weighted by molar-refractivity contribution is -0.137. The van der Waals surface area contributed by atoms with Crippen LogP contribution < -0.4 is 30.9 Å². The second-order valence-corrected chi connectivity index (χ2v) is 14.9. The number of piperazine rings is 1. The summed E-state index contributed by atoms with van der Waals surface area (Å²) in [6.45, 7) is 8.96. The lowest BCUT2D eigenvalue weighted by Crippen LogP contribution is -2.49. The second-order valence-electron chi connectivity index (χ2n) is 14.9. The van der Waals surface area contributed by atoms with Gasteiger partial charge in [0, 0.05) is 74.9 Å². The first-order valence-electron chi connectivity index (χ1n) is 19.6. The van der Waals surface area contributed by atoms with Crippen molar-refractivity contribution in [2.45, 2.75) is 50.7 Å². The van der Waals surface area contributed by atoms with Gasteiger partial charge < -0.3 is 30.5 Å². The molecule has 16 heteroatoms. The van der Waals surface area contributed by atoms with Crippen LogP contribution >= 0.6 is 0 Å². The summed E-state index contributed by atoms with van der Waals surface area (Å²) >= 11 is 0. The highest BCUT2D eigenvalue weighted by Gasteiger charge is 2.36. The SMILES string of the molecule is COc1cc(N2CCN(CCN3CCC(c4ccc(NC5CCC(=O)NC5=O)cc4)CC3)CC2)ccc1Nc1ncc(C(F)(F)F)c(Nc2ccccc2C(C)=O)n1. The van der Waals surface area contributed by atoms with Gasteiger partial charge in [0.25, 0.3) is 0 Å². The zero-order valence-corrected chi connectivity index (χ0v) is 32.6. The average molecular weight is 800 g/mol. The number of alkyl halides is 3. The van der Waals surface area contributed by atoms with E-state index in [9.17, 15) is 27.6 Å². The Kier molecular flexibility index (Phi) is 12.4. The molecule has 58 heavy (non-hydrogen) atoms. The van der Waals surface area contributed by atoms with E-state index in [0.29, 0.717) is 36.4 Å². The second kappa shape index (κ2) is 17.8. The van der Waals surface area contributed by atoms with Crippen molar-refractivity contribution in [2.24, 2.45) is 0 Å². The number of ether oxygens (including phenoxy) is 1. The highest BCUT2D eigenvalue weighted by atomic mass is 19.4. The van der Waals surface area contributed by atoms with Crippen molar-refractivity contribution >= 4 is 52.1 Å². The minimum absolute atomic E-state index is 0.0741. The third-order valence-corrected chi connectivity index (χ3v) is 11.1. The van der Waals surface area contributed by atoms with E-state index >= 15 is 0 Å². The number of carbonyl (C=O) groups is 3. The molecule has 7 rings (SSSR count). The number of rotatable bonds is 13. The van der Waals surface area contributed by atoms with Crippen LogP contribution in [0.15, 0.2) is 72.9 Å². The standard InChI is InChI=1S/C42H48F3N9O4/c1-27(55)32-5-3-4-6-34(32)48-39-33(42(43,44)45)26-46-41(51-39)49-35-12-11-31(25-37(35)58-2)54-23-21-53(22-24-54)20-19-52-17-15-29(16-18-52)28-7-9-30(10-8-28)47-36-13-14-38(56)50-40(36)57/h3-12,25-26,29,36,47H,13-24H2,1-2H3,(H,50,56,57)(H2,46,48,49,51). The molecule has 2 amide bonds. The fourth-order valence-electron chi connectivity index (χ4n) is 7.76. The van der Waals surface area contributed by atoms with Crippen LogP contribution in [0, 0.1) is 0 Å². The number of hydrogen-bond donors (Lipinski definition) is 4. The van der Waals surface area contributed by atoms with Crippen molar-refractivity contribution in [3.63, 3.8) is 0 Å². The monoisotopic (exact) mass is 799 g/mol. The Morgan fingerprint density at radius 2 is 1.59 bits per heavy atom. The maximum absolute atomic E-state index is 13.9. The number of halogens is 3. The highest BCUT2D eigenvalue weighted by Crippen LogP contribution is 2.37. The molecule has 1 unspecified atom stereocenters. The lowest BCUT2D eigenvalue weighted by Gasteiger charge is -2.38. The van der Waals surface area contributed by atoms with Gasteiger partial charge in [-0.2, -0.15) is 18.2 Å². The molecule has 0 bridgehead atoms. The molecule has 4 aromatic rings. The largest absolute Gasteiger partial charge is 0.494 e. The molecule has 3 saturated heterocycles. The Labute approximate surface area is 335 Å². The van der Waals surface area contributed by atoms with Gasteiger partial charge in [0.1, 0.15) is 23.2 Å². The predicted octanol–water partition coefficient (Wildman–Crippen LogP) is 6.41. The number of hydrogen-bond acceptors (Lipinski definition) is 12. The average Bonchev–Trinajstić information content (AvgIpc) is 3.22. The van der Waals surface area contributed by atoms with E-state index in [0.717, 1.165) is 76.6 Å². The number of nitrogens with zero attached hydrogens (tertiary/aromatic N) is 5. The molecule has 1 atom stereocenters. The number of Topliss-reactive ketones (excluding diaryl/α,β-unsaturated/α-hetero) is 1. The van der Waals surface area contributed by atoms with Gasteiger partial charge in [0.15, 0.2) is 5.78 Å². The van der Waals surface area contributed by atoms with E-state index in [1.807, 2.05) is 24.3 Å². The molecular weight excluding hydrogens is 752 g/mol. The molecule has 3 aromatic carbocycles. The van der Waals surface area contributed by atoms with Gasteiger partial charge in [-0.3, -0.25) is 24.6 Å². The van der Waals surface area contributed by atoms with Crippen LogP contribution in [0.4, 0.5) is 47.7 Å². The molecule has 1 aromatic heterocycles. The fourth-order valence-corrected chi connectivity index (χ4v) is 7.76. The van der Waals surface area contributed by atoms with E-state index in [-0.39, 0.29) is 40.8 Å². The van der Waals surface area contributed by atoms with E-state index in [4.69, 9.17) is 4.74 Å². The van der Waals surface area contributed by atoms with Gasteiger partial charge in [-0.25, -0.2) is 4.98 Å². The number of piperidine rings is 2. The number of para-hydroxylation sites is 1. The van der Waals surface area contributed by atoms with Crippen LogP contribution in [0.2, 0.25) is 0 Å². The predicted molar refractivity (Wildman–Crippen MR) is 216 cm³/mol. The lowest BCUT2D eigenvalue weighted by atomic mass is 9.89. The van der Waals surface area contributed by atoms with Gasteiger partial charge in [-0.05, 0) is 87.2 Å². The first-order valence-corrected chi connectivity index (χ1v) is 19.6. The van der Waals surface area contributed by atoms with E-state index in [2.05, 4.69) is 58.1 Å². The number of methoxy groups -OCH3 is 1. The fraction of sp³-hybridized carbons (Fsp3) is 0.405. The van der Waals surface area contributed by atoms with Crippen molar-refractivity contribution in [3.8, 4) is 5.75 Å². The third-order valence-electron chi connectivity index (χ3n) is 11.1. The van der Waals surface area contributed by atoms with Crippen LogP contribution in [0.25, 0.3) is 0 Å². The molecule has 0 saturated carbocycles. The normalized spacial score (nSPS) is 18.4. The van der Waals surface area contributed by atoms with E-state index in [1.54, 1.807) is 18.2 Å². The maximum Gasteiger partial charge on any atom is 0.421 e. The van der Waals surface area contributed by atoms with E-state index < -0.39 is 17.6 Å². The number of carbonyl (C=O) groups excluding carboxylic acids is 3. The summed E-state index contributed by atoms with van der Waals surface area (Å²) in [4.78, 5) is 51.1. The van der Waals surface area contributed by atoms with Gasteiger partial charge in [0.2, 0.25) is 17.8 Å². The van der Waals surface area contributed by atoms with Gasteiger partial charge in [-0.15, -0.1) is 0 Å². The van der Waals surface area contributed by atoms with Crippen molar-refractivity contribution in [3.05, 3.63) is 89.6 Å². The molecule has 0 aliphatic carbocycles. The van der Waals surface area contributed by atoms with Gasteiger partial charge in [-0.1, -0.05) is 24.3 Å². The number of amides is 2. The molecule has 13 nitrogen and oxygen atoms in total. The van der Waals surface area contributed by atoms with Gasteiger partial charge >= 0.3 is 6.18 Å². The Hall–Kier alpha value is -5.74. The maximum atomic E-state index is 13.9. The van der Waals surface area contributed by atoms with Crippen LogP contribution in [0.5, 0.6) is 5.75 Å². The number of imide groups is 1. The number of ketones is 1. The van der Waals surface area contributed by atoms with E-state index in [1.165, 1.54) is 31.7 Å². The molecule has 3 fully saturated rings. The van der Waals surface area contributed by atoms with Crippen molar-refractivity contribution in [1.82, 2.24) is 25.1 Å². The summed E-state index contributed by atoms with van der Waals surface area (Å²) < 4.78 is 47.5. The van der Waals surface area contributed by atoms with Crippen molar-refractivity contribution in [1.29, 1.82) is 0 Å².